The van der Waals surface area contributed by atoms with Gasteiger partial charge < -0.3 is 10.1 Å². The second kappa shape index (κ2) is 4.89. The first-order chi connectivity index (χ1) is 8.52. The third kappa shape index (κ3) is 2.28. The van der Waals surface area contributed by atoms with Crippen molar-refractivity contribution in [1.82, 2.24) is 14.9 Å². The number of methoxy groups -OCH3 is 1. The highest BCUT2D eigenvalue weighted by Crippen LogP contribution is 2.23. The third-order valence-corrected chi connectivity index (χ3v) is 3.13. The summed E-state index contributed by atoms with van der Waals surface area (Å²) in [5.74, 6) is 0.0983. The molecule has 2 rings (SSSR count). The smallest absolute Gasteiger partial charge is 0.252 e. The highest BCUT2D eigenvalue weighted by atomic mass is 79.9. The standard InChI is InChI=1S/C10H11BrN4O3/c1-15-7(16)3-6(9(15)17)13-10-12-4-5(11)8(14-10)18-2/h4,6H,3H2,1-2H3,(H,12,13,14). The van der Waals surface area contributed by atoms with E-state index in [1.54, 1.807) is 0 Å². The van der Waals surface area contributed by atoms with Gasteiger partial charge in [-0.15, -0.1) is 0 Å². The molecule has 96 valence electrons. The average Bonchev–Trinajstić information content (AvgIpc) is 2.59. The summed E-state index contributed by atoms with van der Waals surface area (Å²) in [7, 11) is 2.93. The molecule has 1 fully saturated rings. The van der Waals surface area contributed by atoms with Gasteiger partial charge in [0, 0.05) is 7.05 Å². The van der Waals surface area contributed by atoms with Gasteiger partial charge in [-0.1, -0.05) is 0 Å². The van der Waals surface area contributed by atoms with E-state index in [4.69, 9.17) is 4.74 Å². The number of carbonyl (C=O) groups excluding carboxylic acids is 2. The topological polar surface area (TPSA) is 84.4 Å². The van der Waals surface area contributed by atoms with Crippen LogP contribution >= 0.6 is 15.9 Å². The summed E-state index contributed by atoms with van der Waals surface area (Å²) in [5.41, 5.74) is 0. The van der Waals surface area contributed by atoms with E-state index in [0.29, 0.717) is 10.4 Å². The first-order valence-corrected chi connectivity index (χ1v) is 5.95. The Kier molecular flexibility index (Phi) is 3.46. The fourth-order valence-corrected chi connectivity index (χ4v) is 1.94. The average molecular weight is 315 g/mol. The number of likely N-dealkylation sites (tertiary alicyclic amines) is 1. The number of halogens is 1. The molecule has 1 unspecified atom stereocenters. The highest BCUT2D eigenvalue weighted by Gasteiger charge is 2.36. The molecule has 1 aromatic rings. The van der Waals surface area contributed by atoms with E-state index in [2.05, 4.69) is 31.2 Å². The molecule has 0 aliphatic carbocycles. The van der Waals surface area contributed by atoms with Gasteiger partial charge in [-0.3, -0.25) is 14.5 Å². The Morgan fingerprint density at radius 1 is 1.56 bits per heavy atom. The number of anilines is 1. The molecular formula is C10H11BrN4O3. The maximum Gasteiger partial charge on any atom is 0.252 e. The maximum absolute atomic E-state index is 11.7. The van der Waals surface area contributed by atoms with Crippen molar-refractivity contribution < 1.29 is 14.3 Å². The summed E-state index contributed by atoms with van der Waals surface area (Å²) < 4.78 is 5.63. The lowest BCUT2D eigenvalue weighted by Crippen LogP contribution is -2.32. The van der Waals surface area contributed by atoms with Crippen LogP contribution in [0.5, 0.6) is 5.88 Å². The Bertz CT molecular complexity index is 508. The number of ether oxygens (including phenoxy) is 1. The van der Waals surface area contributed by atoms with Crippen LogP contribution in [-0.4, -0.2) is 46.9 Å². The van der Waals surface area contributed by atoms with Crippen molar-refractivity contribution in [3.05, 3.63) is 10.7 Å². The summed E-state index contributed by atoms with van der Waals surface area (Å²) in [4.78, 5) is 32.2. The van der Waals surface area contributed by atoms with Gasteiger partial charge in [-0.05, 0) is 15.9 Å². The van der Waals surface area contributed by atoms with Gasteiger partial charge in [-0.2, -0.15) is 4.98 Å². The number of carbonyl (C=O) groups is 2. The normalized spacial score (nSPS) is 19.3. The van der Waals surface area contributed by atoms with Crippen LogP contribution in [0, 0.1) is 0 Å². The van der Waals surface area contributed by atoms with Crippen LogP contribution in [-0.2, 0) is 9.59 Å². The number of hydrogen-bond donors (Lipinski definition) is 1. The van der Waals surface area contributed by atoms with Gasteiger partial charge in [0.2, 0.25) is 17.7 Å². The second-order valence-corrected chi connectivity index (χ2v) is 4.60. The lowest BCUT2D eigenvalue weighted by Gasteiger charge is -2.11. The van der Waals surface area contributed by atoms with E-state index in [0.717, 1.165) is 4.90 Å². The molecule has 0 saturated carbocycles. The Morgan fingerprint density at radius 2 is 2.28 bits per heavy atom. The van der Waals surface area contributed by atoms with Crippen LogP contribution < -0.4 is 10.1 Å². The second-order valence-electron chi connectivity index (χ2n) is 3.74. The van der Waals surface area contributed by atoms with Gasteiger partial charge >= 0.3 is 0 Å². The van der Waals surface area contributed by atoms with Crippen molar-refractivity contribution in [3.8, 4) is 5.88 Å². The predicted octanol–water partition coefficient (Wildman–Crippen LogP) is 0.417. The number of aromatic nitrogens is 2. The summed E-state index contributed by atoms with van der Waals surface area (Å²) in [6, 6.07) is -0.617. The predicted molar refractivity (Wildman–Crippen MR) is 66.1 cm³/mol. The van der Waals surface area contributed by atoms with E-state index < -0.39 is 6.04 Å². The van der Waals surface area contributed by atoms with Crippen molar-refractivity contribution in [2.45, 2.75) is 12.5 Å². The molecule has 7 nitrogen and oxygen atoms in total. The molecule has 1 aliphatic heterocycles. The third-order valence-electron chi connectivity index (χ3n) is 2.59. The van der Waals surface area contributed by atoms with Crippen LogP contribution in [0.2, 0.25) is 0 Å². The van der Waals surface area contributed by atoms with Crippen LogP contribution in [0.25, 0.3) is 0 Å². The minimum atomic E-state index is -0.617. The van der Waals surface area contributed by atoms with Crippen molar-refractivity contribution in [1.29, 1.82) is 0 Å². The van der Waals surface area contributed by atoms with Crippen molar-refractivity contribution in [3.63, 3.8) is 0 Å². The van der Waals surface area contributed by atoms with Crippen LogP contribution in [0.1, 0.15) is 6.42 Å². The number of imide groups is 1. The van der Waals surface area contributed by atoms with E-state index in [9.17, 15) is 9.59 Å². The fraction of sp³-hybridized carbons (Fsp3) is 0.400. The molecule has 1 aromatic heterocycles. The molecule has 0 aromatic carbocycles. The van der Waals surface area contributed by atoms with Crippen LogP contribution in [0.15, 0.2) is 10.7 Å². The number of rotatable bonds is 3. The zero-order chi connectivity index (χ0) is 13.3. The molecule has 1 atom stereocenters. The Morgan fingerprint density at radius 3 is 2.83 bits per heavy atom. The van der Waals surface area contributed by atoms with Crippen LogP contribution in [0.3, 0.4) is 0 Å². The number of hydrogen-bond acceptors (Lipinski definition) is 6. The number of likely N-dealkylation sites (N-methyl/N-ethyl adjacent to an activating group) is 1. The molecule has 2 heterocycles. The molecule has 0 spiro atoms. The molecule has 8 heteroatoms. The lowest BCUT2D eigenvalue weighted by atomic mass is 10.2. The van der Waals surface area contributed by atoms with Gasteiger partial charge in [0.05, 0.1) is 24.2 Å². The lowest BCUT2D eigenvalue weighted by molar-refractivity contribution is -0.136. The zero-order valence-corrected chi connectivity index (χ0v) is 11.4. The summed E-state index contributed by atoms with van der Waals surface area (Å²) in [6.07, 6.45) is 1.62. The van der Waals surface area contributed by atoms with Gasteiger partial charge in [0.1, 0.15) is 6.04 Å². The monoisotopic (exact) mass is 314 g/mol. The summed E-state index contributed by atoms with van der Waals surface area (Å²) in [5, 5.41) is 2.82. The number of nitrogens with one attached hydrogen (secondary N) is 1. The number of amides is 2. The molecule has 0 bridgehead atoms. The molecule has 1 saturated heterocycles. The van der Waals surface area contributed by atoms with Gasteiger partial charge in [0.15, 0.2) is 0 Å². The first-order valence-electron chi connectivity index (χ1n) is 5.16. The van der Waals surface area contributed by atoms with E-state index in [-0.39, 0.29) is 24.2 Å². The maximum atomic E-state index is 11.7. The van der Waals surface area contributed by atoms with Crippen molar-refractivity contribution in [2.24, 2.45) is 0 Å². The Hall–Kier alpha value is -1.70. The fourth-order valence-electron chi connectivity index (χ4n) is 1.59. The molecule has 1 aliphatic rings. The number of nitrogens with zero attached hydrogens (tertiary/aromatic N) is 3. The highest BCUT2D eigenvalue weighted by molar-refractivity contribution is 9.10. The minimum absolute atomic E-state index is 0.108. The minimum Gasteiger partial charge on any atom is -0.480 e. The molecule has 18 heavy (non-hydrogen) atoms. The van der Waals surface area contributed by atoms with E-state index in [1.807, 2.05) is 0 Å². The quantitative estimate of drug-likeness (QED) is 0.814. The van der Waals surface area contributed by atoms with Crippen LogP contribution in [0.4, 0.5) is 5.95 Å². The Balaban J connectivity index is 2.15. The van der Waals surface area contributed by atoms with Crippen molar-refractivity contribution >= 4 is 33.7 Å². The molecule has 2 amide bonds. The van der Waals surface area contributed by atoms with E-state index >= 15 is 0 Å². The molecular weight excluding hydrogens is 304 g/mol. The summed E-state index contributed by atoms with van der Waals surface area (Å²) >= 11 is 3.23. The van der Waals surface area contributed by atoms with Gasteiger partial charge in [0.25, 0.3) is 5.91 Å². The largest absolute Gasteiger partial charge is 0.480 e. The first kappa shape index (κ1) is 12.7. The molecule has 0 radical (unpaired) electrons. The summed E-state index contributed by atoms with van der Waals surface area (Å²) in [6.45, 7) is 0. The molecule has 1 N–H and O–H groups in total. The SMILES string of the molecule is COc1nc(NC2CC(=O)N(C)C2=O)ncc1Br. The van der Waals surface area contributed by atoms with Crippen molar-refractivity contribution in [2.75, 3.05) is 19.5 Å². The Labute approximate surface area is 112 Å². The van der Waals surface area contributed by atoms with E-state index in [1.165, 1.54) is 20.4 Å². The van der Waals surface area contributed by atoms with Gasteiger partial charge in [-0.25, -0.2) is 4.98 Å². The zero-order valence-electron chi connectivity index (χ0n) is 9.81.